The van der Waals surface area contributed by atoms with Crippen LogP contribution in [0.1, 0.15) is 18.1 Å². The zero-order chi connectivity index (χ0) is 13.7. The lowest BCUT2D eigenvalue weighted by Gasteiger charge is -2.09. The van der Waals surface area contributed by atoms with E-state index < -0.39 is 6.16 Å². The van der Waals surface area contributed by atoms with Crippen LogP contribution in [0.4, 0.5) is 9.18 Å². The fourth-order valence-corrected chi connectivity index (χ4v) is 1.67. The second-order valence-electron chi connectivity index (χ2n) is 3.87. The van der Waals surface area contributed by atoms with Gasteiger partial charge in [0.25, 0.3) is 0 Å². The van der Waals surface area contributed by atoms with Gasteiger partial charge in [-0.25, -0.2) is 9.10 Å². The molecule has 0 bridgehead atoms. The molecule has 0 atom stereocenters. The van der Waals surface area contributed by atoms with Gasteiger partial charge in [0, 0.05) is 14.0 Å². The smallest absolute Gasteiger partial charge is 0.411 e. The third-order valence-corrected chi connectivity index (χ3v) is 2.73. The van der Waals surface area contributed by atoms with Gasteiger partial charge in [-0.3, -0.25) is 0 Å². The Hall–Kier alpha value is -1.56. The lowest BCUT2D eigenvalue weighted by molar-refractivity contribution is 0.209. The maximum atomic E-state index is 12.2. The van der Waals surface area contributed by atoms with E-state index in [1.165, 1.54) is 7.05 Å². The first-order valence-electron chi connectivity index (χ1n) is 5.29. The van der Waals surface area contributed by atoms with Gasteiger partial charge >= 0.3 is 6.16 Å². The highest BCUT2D eigenvalue weighted by molar-refractivity contribution is 7.96. The Labute approximate surface area is 110 Å². The summed E-state index contributed by atoms with van der Waals surface area (Å²) >= 11 is 0.692. The number of carbonyl (C=O) groups excluding carboxylic acids is 1. The molecule has 0 spiro atoms. The lowest BCUT2D eigenvalue weighted by Crippen LogP contribution is -2.12. The van der Waals surface area contributed by atoms with Gasteiger partial charge in [-0.1, -0.05) is 6.07 Å². The Morgan fingerprint density at radius 1 is 1.33 bits per heavy atom. The number of benzene rings is 1. The third-order valence-electron chi connectivity index (χ3n) is 2.00. The highest BCUT2D eigenvalue weighted by atomic mass is 32.2. The summed E-state index contributed by atoms with van der Waals surface area (Å²) in [6, 6.07) is 5.78. The van der Waals surface area contributed by atoms with Gasteiger partial charge in [0.2, 0.25) is 0 Å². The Bertz CT molecular complexity index is 457. The van der Waals surface area contributed by atoms with Crippen molar-refractivity contribution in [3.05, 3.63) is 29.3 Å². The van der Waals surface area contributed by atoms with Crippen molar-refractivity contribution in [1.82, 2.24) is 4.31 Å². The topological polar surface area (TPSA) is 41.9 Å². The largest absolute Gasteiger partial charge is 0.443 e. The molecule has 1 amide bonds. The minimum Gasteiger partial charge on any atom is -0.443 e. The van der Waals surface area contributed by atoms with Crippen molar-refractivity contribution in [3.63, 3.8) is 0 Å². The van der Waals surface area contributed by atoms with Crippen LogP contribution in [0, 0.1) is 13.8 Å². The summed E-state index contributed by atoms with van der Waals surface area (Å²) in [5.74, 6) is 1.02. The van der Waals surface area contributed by atoms with E-state index in [0.29, 0.717) is 23.8 Å². The van der Waals surface area contributed by atoms with Gasteiger partial charge in [0.1, 0.15) is 17.9 Å². The van der Waals surface area contributed by atoms with Gasteiger partial charge in [-0.05, 0) is 37.1 Å². The molecule has 0 heterocycles. The van der Waals surface area contributed by atoms with Crippen molar-refractivity contribution < 1.29 is 13.9 Å². The zero-order valence-electron chi connectivity index (χ0n) is 10.7. The van der Waals surface area contributed by atoms with Gasteiger partial charge in [0.15, 0.2) is 5.90 Å². The summed E-state index contributed by atoms with van der Waals surface area (Å²) in [7, 11) is 1.29. The molecule has 18 heavy (non-hydrogen) atoms. The number of aryl methyl sites for hydroxylation is 2. The monoisotopic (exact) mass is 270 g/mol. The van der Waals surface area contributed by atoms with E-state index in [9.17, 15) is 9.18 Å². The van der Waals surface area contributed by atoms with Crippen LogP contribution in [0.2, 0.25) is 0 Å². The molecule has 0 fully saturated rings. The molecular weight excluding hydrogens is 255 g/mol. The molecular formula is C12H15FN2O2S. The van der Waals surface area contributed by atoms with Gasteiger partial charge in [0.05, 0.1) is 0 Å². The molecule has 6 heteroatoms. The zero-order valence-corrected chi connectivity index (χ0v) is 11.5. The summed E-state index contributed by atoms with van der Waals surface area (Å²) in [5, 5.41) is 0. The fourth-order valence-electron chi connectivity index (χ4n) is 1.33. The third kappa shape index (κ3) is 4.75. The van der Waals surface area contributed by atoms with Crippen molar-refractivity contribution in [2.24, 2.45) is 4.40 Å². The highest BCUT2D eigenvalue weighted by Gasteiger charge is 2.07. The number of ether oxygens (including phenoxy) is 1. The molecule has 1 aromatic rings. The van der Waals surface area contributed by atoms with Crippen molar-refractivity contribution in [2.45, 2.75) is 20.8 Å². The van der Waals surface area contributed by atoms with E-state index >= 15 is 0 Å². The van der Waals surface area contributed by atoms with Crippen LogP contribution in [0.5, 0.6) is 5.75 Å². The maximum Gasteiger partial charge on any atom is 0.411 e. The van der Waals surface area contributed by atoms with Crippen molar-refractivity contribution in [3.8, 4) is 5.75 Å². The summed E-state index contributed by atoms with van der Waals surface area (Å²) in [4.78, 5) is 10.3. The molecule has 0 aromatic heterocycles. The van der Waals surface area contributed by atoms with E-state index in [0.717, 1.165) is 15.4 Å². The second-order valence-corrected chi connectivity index (χ2v) is 4.76. The first kappa shape index (κ1) is 14.5. The molecule has 0 aliphatic rings. The average molecular weight is 270 g/mol. The van der Waals surface area contributed by atoms with Crippen LogP contribution < -0.4 is 4.74 Å². The van der Waals surface area contributed by atoms with Crippen LogP contribution in [-0.2, 0) is 0 Å². The van der Waals surface area contributed by atoms with Crippen LogP contribution in [0.15, 0.2) is 22.6 Å². The fraction of sp³-hybridized carbons (Fsp3) is 0.333. The van der Waals surface area contributed by atoms with E-state index in [-0.39, 0.29) is 0 Å². The highest BCUT2D eigenvalue weighted by Crippen LogP contribution is 2.18. The van der Waals surface area contributed by atoms with Crippen molar-refractivity contribution >= 4 is 24.2 Å². The molecule has 0 saturated heterocycles. The summed E-state index contributed by atoms with van der Waals surface area (Å²) in [6.45, 7) is 5.58. The first-order valence-corrected chi connectivity index (χ1v) is 6.02. The van der Waals surface area contributed by atoms with Gasteiger partial charge in [-0.15, -0.1) is 4.39 Å². The molecule has 1 aromatic carbocycles. The molecule has 0 aliphatic carbocycles. The summed E-state index contributed by atoms with van der Waals surface area (Å²) in [5.41, 5.74) is 2.17. The molecule has 0 saturated carbocycles. The van der Waals surface area contributed by atoms with Gasteiger partial charge in [-0.2, -0.15) is 4.40 Å². The standard InChI is InChI=1S/C12H15FN2O2S/c1-8-5-9(2)7-11(6-8)17-10(3)14-18-15(4)12(13)16/h5-7H,1-4H3. The quantitative estimate of drug-likeness (QED) is 0.276. The average Bonchev–Trinajstić information content (AvgIpc) is 2.24. The predicted molar refractivity (Wildman–Crippen MR) is 71.5 cm³/mol. The number of nitrogens with zero attached hydrogens (tertiary/aromatic N) is 2. The van der Waals surface area contributed by atoms with E-state index in [4.69, 9.17) is 4.74 Å². The molecule has 0 N–H and O–H groups in total. The van der Waals surface area contributed by atoms with E-state index in [1.807, 2.05) is 32.0 Å². The molecule has 0 unspecified atom stereocenters. The van der Waals surface area contributed by atoms with Crippen LogP contribution in [-0.4, -0.2) is 23.4 Å². The number of amides is 1. The van der Waals surface area contributed by atoms with Crippen LogP contribution in [0.25, 0.3) is 0 Å². The minimum absolute atomic E-state index is 0.345. The molecule has 98 valence electrons. The summed E-state index contributed by atoms with van der Waals surface area (Å²) < 4.78 is 22.4. The minimum atomic E-state index is -1.55. The number of halogens is 1. The van der Waals surface area contributed by atoms with E-state index in [1.54, 1.807) is 6.92 Å². The normalized spacial score (nSPS) is 11.3. The van der Waals surface area contributed by atoms with Crippen LogP contribution >= 0.6 is 12.1 Å². The van der Waals surface area contributed by atoms with E-state index in [2.05, 4.69) is 4.40 Å². The lowest BCUT2D eigenvalue weighted by atomic mass is 10.1. The number of carbonyl (C=O) groups is 1. The summed E-state index contributed by atoms with van der Waals surface area (Å²) in [6.07, 6.45) is -1.55. The molecule has 0 aliphatic heterocycles. The van der Waals surface area contributed by atoms with Crippen molar-refractivity contribution in [1.29, 1.82) is 0 Å². The number of hydrogen-bond acceptors (Lipinski definition) is 4. The van der Waals surface area contributed by atoms with Crippen molar-refractivity contribution in [2.75, 3.05) is 7.05 Å². The molecule has 1 rings (SSSR count). The molecule has 0 radical (unpaired) electrons. The Morgan fingerprint density at radius 2 is 1.89 bits per heavy atom. The van der Waals surface area contributed by atoms with Crippen LogP contribution in [0.3, 0.4) is 0 Å². The SMILES string of the molecule is CC(=NSN(C)C(=O)F)Oc1cc(C)cc(C)c1. The Kier molecular flexibility index (Phi) is 5.15. The maximum absolute atomic E-state index is 12.2. The number of rotatable bonds is 3. The predicted octanol–water partition coefficient (Wildman–Crippen LogP) is 3.69. The Morgan fingerprint density at radius 3 is 2.39 bits per heavy atom. The second kappa shape index (κ2) is 6.39. The Balaban J connectivity index is 2.66. The van der Waals surface area contributed by atoms with Gasteiger partial charge < -0.3 is 4.74 Å². The first-order chi connectivity index (χ1) is 8.38. The number of hydrogen-bond donors (Lipinski definition) is 0. The molecule has 4 nitrogen and oxygen atoms in total.